The van der Waals surface area contributed by atoms with Crippen LogP contribution in [0.1, 0.15) is 49.4 Å². The molecule has 0 atom stereocenters. The molecule has 0 amide bonds. The summed E-state index contributed by atoms with van der Waals surface area (Å²) in [6.07, 6.45) is 7.64. The van der Waals surface area contributed by atoms with E-state index in [0.717, 1.165) is 29.4 Å². The Morgan fingerprint density at radius 2 is 1.96 bits per heavy atom. The zero-order valence-electron chi connectivity index (χ0n) is 13.9. The number of phenols is 1. The SMILES string of the molecule is Oc1ccc2ccccc2c1/C=N/n1c(C2CCCCC2)n[nH]c1=S. The lowest BCUT2D eigenvalue weighted by molar-refractivity contribution is 0.419. The van der Waals surface area contributed by atoms with Gasteiger partial charge in [0.05, 0.1) is 6.21 Å². The van der Waals surface area contributed by atoms with Gasteiger partial charge in [-0.05, 0) is 41.9 Å². The first kappa shape index (κ1) is 16.0. The number of benzene rings is 2. The molecular formula is C19H20N4OS. The molecule has 5 nitrogen and oxygen atoms in total. The molecule has 1 aliphatic rings. The number of rotatable bonds is 3. The maximum absolute atomic E-state index is 10.3. The van der Waals surface area contributed by atoms with E-state index in [9.17, 15) is 5.11 Å². The number of aromatic hydroxyl groups is 1. The Hall–Kier alpha value is -2.47. The number of hydrogen-bond donors (Lipinski definition) is 2. The van der Waals surface area contributed by atoms with Gasteiger partial charge in [0.25, 0.3) is 0 Å². The van der Waals surface area contributed by atoms with Gasteiger partial charge >= 0.3 is 0 Å². The van der Waals surface area contributed by atoms with Crippen molar-refractivity contribution in [2.45, 2.75) is 38.0 Å². The quantitative estimate of drug-likeness (QED) is 0.529. The Balaban J connectivity index is 1.75. The smallest absolute Gasteiger partial charge is 0.216 e. The van der Waals surface area contributed by atoms with Gasteiger partial charge in [0, 0.05) is 11.5 Å². The Labute approximate surface area is 151 Å². The molecule has 0 unspecified atom stereocenters. The third-order valence-electron chi connectivity index (χ3n) is 4.90. The van der Waals surface area contributed by atoms with Gasteiger partial charge in [0.1, 0.15) is 5.75 Å². The van der Waals surface area contributed by atoms with Crippen molar-refractivity contribution in [2.24, 2.45) is 5.10 Å². The highest BCUT2D eigenvalue weighted by Gasteiger charge is 2.21. The lowest BCUT2D eigenvalue weighted by atomic mass is 9.89. The van der Waals surface area contributed by atoms with Gasteiger partial charge < -0.3 is 5.11 Å². The third-order valence-corrected chi connectivity index (χ3v) is 5.16. The Bertz CT molecular complexity index is 982. The first-order valence-electron chi connectivity index (χ1n) is 8.66. The monoisotopic (exact) mass is 352 g/mol. The number of nitrogens with one attached hydrogen (secondary N) is 1. The maximum Gasteiger partial charge on any atom is 0.216 e. The summed E-state index contributed by atoms with van der Waals surface area (Å²) in [4.78, 5) is 0. The van der Waals surface area contributed by atoms with Crippen molar-refractivity contribution in [3.8, 4) is 5.75 Å². The predicted octanol–water partition coefficient (Wildman–Crippen LogP) is 4.73. The Kier molecular flexibility index (Phi) is 4.36. The standard InChI is InChI=1S/C19H20N4OS/c24-17-11-10-13-6-4-5-9-15(13)16(17)12-20-23-18(21-22-19(23)25)14-7-2-1-3-8-14/h4-6,9-12,14,24H,1-3,7-8H2,(H,22,25)/b20-12+. The topological polar surface area (TPSA) is 66.2 Å². The van der Waals surface area contributed by atoms with Crippen molar-refractivity contribution in [1.29, 1.82) is 0 Å². The van der Waals surface area contributed by atoms with E-state index < -0.39 is 0 Å². The fraction of sp³-hybridized carbons (Fsp3) is 0.316. The first-order valence-corrected chi connectivity index (χ1v) is 9.07. The second kappa shape index (κ2) is 6.80. The summed E-state index contributed by atoms with van der Waals surface area (Å²) in [6.45, 7) is 0. The van der Waals surface area contributed by atoms with Crippen molar-refractivity contribution in [3.05, 3.63) is 52.6 Å². The van der Waals surface area contributed by atoms with E-state index in [0.29, 0.717) is 16.3 Å². The van der Waals surface area contributed by atoms with Gasteiger partial charge in [-0.2, -0.15) is 14.9 Å². The average molecular weight is 352 g/mol. The molecule has 25 heavy (non-hydrogen) atoms. The predicted molar refractivity (Wildman–Crippen MR) is 102 cm³/mol. The number of hydrogen-bond acceptors (Lipinski definition) is 4. The normalized spacial score (nSPS) is 16.0. The molecule has 2 N–H and O–H groups in total. The molecule has 1 aliphatic carbocycles. The molecule has 128 valence electrons. The summed E-state index contributed by atoms with van der Waals surface area (Å²) >= 11 is 5.35. The number of aromatic nitrogens is 3. The van der Waals surface area contributed by atoms with E-state index in [1.807, 2.05) is 30.3 Å². The highest BCUT2D eigenvalue weighted by molar-refractivity contribution is 7.71. The van der Waals surface area contributed by atoms with Crippen LogP contribution in [0.2, 0.25) is 0 Å². The zero-order valence-corrected chi connectivity index (χ0v) is 14.7. The zero-order chi connectivity index (χ0) is 17.2. The van der Waals surface area contributed by atoms with Crippen LogP contribution in [-0.4, -0.2) is 26.2 Å². The van der Waals surface area contributed by atoms with Crippen molar-refractivity contribution >= 4 is 29.2 Å². The van der Waals surface area contributed by atoms with Crippen LogP contribution >= 0.6 is 12.2 Å². The number of nitrogens with zero attached hydrogens (tertiary/aromatic N) is 3. The largest absolute Gasteiger partial charge is 0.507 e. The van der Waals surface area contributed by atoms with E-state index in [1.54, 1.807) is 17.0 Å². The number of fused-ring (bicyclic) bond motifs is 1. The molecular weight excluding hydrogens is 332 g/mol. The van der Waals surface area contributed by atoms with Crippen LogP contribution < -0.4 is 0 Å². The fourth-order valence-corrected chi connectivity index (χ4v) is 3.76. The van der Waals surface area contributed by atoms with Crippen molar-refractivity contribution in [1.82, 2.24) is 14.9 Å². The van der Waals surface area contributed by atoms with Crippen molar-refractivity contribution in [2.75, 3.05) is 0 Å². The van der Waals surface area contributed by atoms with E-state index >= 15 is 0 Å². The molecule has 1 fully saturated rings. The minimum atomic E-state index is 0.205. The summed E-state index contributed by atoms with van der Waals surface area (Å²) in [5.74, 6) is 1.48. The fourth-order valence-electron chi connectivity index (χ4n) is 3.58. The van der Waals surface area contributed by atoms with E-state index in [-0.39, 0.29) is 5.75 Å². The number of phenolic OH excluding ortho intramolecular Hbond substituents is 1. The Morgan fingerprint density at radius 3 is 2.80 bits per heavy atom. The Morgan fingerprint density at radius 1 is 1.16 bits per heavy atom. The minimum Gasteiger partial charge on any atom is -0.507 e. The van der Waals surface area contributed by atoms with Gasteiger partial charge in [-0.25, -0.2) is 0 Å². The number of aromatic amines is 1. The van der Waals surface area contributed by atoms with Gasteiger partial charge in [0.2, 0.25) is 4.77 Å². The average Bonchev–Trinajstić information content (AvgIpc) is 3.02. The molecule has 3 aromatic rings. The third kappa shape index (κ3) is 3.09. The molecule has 1 aromatic heterocycles. The van der Waals surface area contributed by atoms with Crippen LogP contribution in [0.15, 0.2) is 41.5 Å². The summed E-state index contributed by atoms with van der Waals surface area (Å²) in [5, 5.41) is 24.1. The molecule has 0 bridgehead atoms. The highest BCUT2D eigenvalue weighted by Crippen LogP contribution is 2.31. The van der Waals surface area contributed by atoms with Gasteiger partial charge in [0.15, 0.2) is 5.82 Å². The second-order valence-electron chi connectivity index (χ2n) is 6.50. The molecule has 0 radical (unpaired) electrons. The van der Waals surface area contributed by atoms with Crippen LogP contribution in [0.25, 0.3) is 10.8 Å². The molecule has 1 heterocycles. The van der Waals surface area contributed by atoms with Crippen LogP contribution in [0.4, 0.5) is 0 Å². The lowest BCUT2D eigenvalue weighted by Crippen LogP contribution is -2.10. The summed E-state index contributed by atoms with van der Waals surface area (Å²) < 4.78 is 2.18. The van der Waals surface area contributed by atoms with Crippen molar-refractivity contribution < 1.29 is 5.11 Å². The summed E-state index contributed by atoms with van der Waals surface area (Å²) in [6, 6.07) is 11.5. The lowest BCUT2D eigenvalue weighted by Gasteiger charge is -2.19. The molecule has 0 aliphatic heterocycles. The van der Waals surface area contributed by atoms with Crippen molar-refractivity contribution in [3.63, 3.8) is 0 Å². The molecule has 2 aromatic carbocycles. The van der Waals surface area contributed by atoms with Crippen LogP contribution in [0, 0.1) is 4.77 Å². The van der Waals surface area contributed by atoms with Gasteiger partial charge in [-0.15, -0.1) is 0 Å². The molecule has 4 rings (SSSR count). The molecule has 1 saturated carbocycles. The summed E-state index contributed by atoms with van der Waals surface area (Å²) in [5.41, 5.74) is 0.691. The second-order valence-corrected chi connectivity index (χ2v) is 6.88. The molecule has 0 saturated heterocycles. The maximum atomic E-state index is 10.3. The summed E-state index contributed by atoms with van der Waals surface area (Å²) in [7, 11) is 0. The van der Waals surface area contributed by atoms with Gasteiger partial charge in [-0.1, -0.05) is 49.6 Å². The van der Waals surface area contributed by atoms with E-state index in [4.69, 9.17) is 12.2 Å². The van der Waals surface area contributed by atoms with Crippen LogP contribution in [0.3, 0.4) is 0 Å². The molecule has 6 heteroatoms. The van der Waals surface area contributed by atoms with E-state index in [2.05, 4.69) is 15.3 Å². The molecule has 0 spiro atoms. The number of H-pyrrole nitrogens is 1. The minimum absolute atomic E-state index is 0.205. The van der Waals surface area contributed by atoms with Crippen LogP contribution in [-0.2, 0) is 0 Å². The first-order chi connectivity index (χ1) is 12.2. The highest BCUT2D eigenvalue weighted by atomic mass is 32.1. The van der Waals surface area contributed by atoms with Gasteiger partial charge in [-0.3, -0.25) is 5.10 Å². The van der Waals surface area contributed by atoms with E-state index in [1.165, 1.54) is 19.3 Å². The van der Waals surface area contributed by atoms with Crippen LogP contribution in [0.5, 0.6) is 5.75 Å².